The van der Waals surface area contributed by atoms with Gasteiger partial charge in [-0.25, -0.2) is 4.98 Å². The summed E-state index contributed by atoms with van der Waals surface area (Å²) >= 11 is 1.37. The summed E-state index contributed by atoms with van der Waals surface area (Å²) in [4.78, 5) is 20.3. The van der Waals surface area contributed by atoms with Crippen LogP contribution in [-0.4, -0.2) is 15.9 Å². The number of nitrogen functional groups attached to an aromatic ring is 1. The minimum atomic E-state index is -0.225. The van der Waals surface area contributed by atoms with Crippen molar-refractivity contribution in [2.45, 2.75) is 0 Å². The van der Waals surface area contributed by atoms with Gasteiger partial charge in [0.1, 0.15) is 0 Å². The van der Waals surface area contributed by atoms with Gasteiger partial charge in [-0.2, -0.15) is 0 Å². The predicted octanol–water partition coefficient (Wildman–Crippen LogP) is 3.04. The molecule has 3 aromatic rings. The summed E-state index contributed by atoms with van der Waals surface area (Å²) in [5.41, 5.74) is 8.65. The quantitative estimate of drug-likeness (QED) is 0.728. The number of hydrogen-bond acceptors (Lipinski definition) is 5. The smallest absolute Gasteiger partial charge is 0.259 e. The number of anilines is 2. The Kier molecular flexibility index (Phi) is 3.61. The van der Waals surface area contributed by atoms with Crippen molar-refractivity contribution in [2.75, 3.05) is 11.1 Å². The highest BCUT2D eigenvalue weighted by molar-refractivity contribution is 7.14. The number of pyridine rings is 1. The molecule has 2 heterocycles. The second kappa shape index (κ2) is 5.72. The third kappa shape index (κ3) is 3.06. The number of hydrogen-bond donors (Lipinski definition) is 2. The van der Waals surface area contributed by atoms with Gasteiger partial charge in [-0.1, -0.05) is 12.1 Å². The Balaban J connectivity index is 1.78. The first kappa shape index (κ1) is 13.3. The number of thiazole rings is 1. The summed E-state index contributed by atoms with van der Waals surface area (Å²) in [6, 6.07) is 10.9. The van der Waals surface area contributed by atoms with Crippen LogP contribution < -0.4 is 11.1 Å². The molecule has 3 rings (SSSR count). The molecule has 0 bridgehead atoms. The molecule has 104 valence electrons. The van der Waals surface area contributed by atoms with Crippen LogP contribution in [0.15, 0.2) is 54.2 Å². The standard InChI is InChI=1S/C15H12N4OS/c16-12-5-1-3-10(7-12)13-9-21-15(18-13)19-14(20)11-4-2-6-17-8-11/h1-9H,16H2,(H,18,19,20). The highest BCUT2D eigenvalue weighted by Gasteiger charge is 2.10. The van der Waals surface area contributed by atoms with Crippen molar-refractivity contribution in [3.05, 3.63) is 59.7 Å². The minimum absolute atomic E-state index is 0.225. The molecule has 0 saturated carbocycles. The van der Waals surface area contributed by atoms with Crippen LogP contribution >= 0.6 is 11.3 Å². The number of nitrogens with one attached hydrogen (secondary N) is 1. The van der Waals surface area contributed by atoms with Crippen LogP contribution in [0.4, 0.5) is 10.8 Å². The van der Waals surface area contributed by atoms with E-state index in [1.54, 1.807) is 18.3 Å². The number of nitrogens with zero attached hydrogens (tertiary/aromatic N) is 2. The van der Waals surface area contributed by atoms with Crippen molar-refractivity contribution in [3.8, 4) is 11.3 Å². The molecule has 0 radical (unpaired) electrons. The molecule has 3 N–H and O–H groups in total. The van der Waals surface area contributed by atoms with Crippen molar-refractivity contribution in [1.82, 2.24) is 9.97 Å². The summed E-state index contributed by atoms with van der Waals surface area (Å²) in [7, 11) is 0. The van der Waals surface area contributed by atoms with Gasteiger partial charge in [0.05, 0.1) is 11.3 Å². The first-order valence-corrected chi connectivity index (χ1v) is 7.13. The van der Waals surface area contributed by atoms with Crippen LogP contribution in [0.25, 0.3) is 11.3 Å². The number of aromatic nitrogens is 2. The summed E-state index contributed by atoms with van der Waals surface area (Å²) < 4.78 is 0. The van der Waals surface area contributed by atoms with Gasteiger partial charge in [-0.05, 0) is 24.3 Å². The lowest BCUT2D eigenvalue weighted by atomic mass is 10.1. The maximum absolute atomic E-state index is 12.0. The molecule has 0 aliphatic rings. The number of carbonyl (C=O) groups excluding carboxylic acids is 1. The molecule has 1 aromatic carbocycles. The Labute approximate surface area is 125 Å². The van der Waals surface area contributed by atoms with E-state index in [1.807, 2.05) is 29.6 Å². The van der Waals surface area contributed by atoms with Gasteiger partial charge >= 0.3 is 0 Å². The third-order valence-corrected chi connectivity index (χ3v) is 3.59. The second-order valence-electron chi connectivity index (χ2n) is 4.36. The highest BCUT2D eigenvalue weighted by Crippen LogP contribution is 2.26. The zero-order valence-electron chi connectivity index (χ0n) is 11.0. The Morgan fingerprint density at radius 1 is 1.24 bits per heavy atom. The van der Waals surface area contributed by atoms with Crippen molar-refractivity contribution >= 4 is 28.1 Å². The van der Waals surface area contributed by atoms with Crippen molar-refractivity contribution in [1.29, 1.82) is 0 Å². The van der Waals surface area contributed by atoms with E-state index < -0.39 is 0 Å². The van der Waals surface area contributed by atoms with Gasteiger partial charge in [-0.3, -0.25) is 15.1 Å². The zero-order valence-corrected chi connectivity index (χ0v) is 11.8. The average molecular weight is 296 g/mol. The first-order valence-electron chi connectivity index (χ1n) is 6.25. The molecule has 1 amide bonds. The summed E-state index contributed by atoms with van der Waals surface area (Å²) in [6.45, 7) is 0. The topological polar surface area (TPSA) is 80.9 Å². The summed E-state index contributed by atoms with van der Waals surface area (Å²) in [5.74, 6) is -0.225. The van der Waals surface area contributed by atoms with Crippen molar-refractivity contribution in [3.63, 3.8) is 0 Å². The third-order valence-electron chi connectivity index (χ3n) is 2.83. The van der Waals surface area contributed by atoms with Gasteiger partial charge in [0.2, 0.25) is 0 Å². The van der Waals surface area contributed by atoms with Crippen LogP contribution in [0.3, 0.4) is 0 Å². The molecule has 2 aromatic heterocycles. The fraction of sp³-hybridized carbons (Fsp3) is 0. The number of carbonyl (C=O) groups is 1. The molecule has 21 heavy (non-hydrogen) atoms. The monoisotopic (exact) mass is 296 g/mol. The molecule has 0 spiro atoms. The van der Waals surface area contributed by atoms with Gasteiger partial charge in [0.25, 0.3) is 5.91 Å². The molecular formula is C15H12N4OS. The Hall–Kier alpha value is -2.73. The molecule has 0 unspecified atom stereocenters. The second-order valence-corrected chi connectivity index (χ2v) is 5.22. The Morgan fingerprint density at radius 3 is 2.90 bits per heavy atom. The van der Waals surface area contributed by atoms with Gasteiger partial charge in [-0.15, -0.1) is 11.3 Å². The average Bonchev–Trinajstić information content (AvgIpc) is 2.97. The van der Waals surface area contributed by atoms with Crippen LogP contribution in [0.2, 0.25) is 0 Å². The lowest BCUT2D eigenvalue weighted by Gasteiger charge is -2.01. The lowest BCUT2D eigenvalue weighted by molar-refractivity contribution is 0.102. The van der Waals surface area contributed by atoms with E-state index in [9.17, 15) is 4.79 Å². The predicted molar refractivity (Wildman–Crippen MR) is 84.2 cm³/mol. The fourth-order valence-corrected chi connectivity index (χ4v) is 2.54. The number of benzene rings is 1. The maximum Gasteiger partial charge on any atom is 0.259 e. The van der Waals surface area contributed by atoms with Gasteiger partial charge in [0, 0.05) is 29.0 Å². The van der Waals surface area contributed by atoms with E-state index in [4.69, 9.17) is 5.73 Å². The molecule has 0 aliphatic heterocycles. The number of amides is 1. The van der Waals surface area contributed by atoms with E-state index in [0.717, 1.165) is 11.3 Å². The van der Waals surface area contributed by atoms with Crippen LogP contribution in [0.1, 0.15) is 10.4 Å². The van der Waals surface area contributed by atoms with E-state index in [2.05, 4.69) is 15.3 Å². The van der Waals surface area contributed by atoms with E-state index >= 15 is 0 Å². The highest BCUT2D eigenvalue weighted by atomic mass is 32.1. The van der Waals surface area contributed by atoms with E-state index in [0.29, 0.717) is 16.4 Å². The fourth-order valence-electron chi connectivity index (χ4n) is 1.83. The SMILES string of the molecule is Nc1cccc(-c2csc(NC(=O)c3cccnc3)n2)c1. The maximum atomic E-state index is 12.0. The van der Waals surface area contributed by atoms with Crippen molar-refractivity contribution in [2.24, 2.45) is 0 Å². The van der Waals surface area contributed by atoms with Crippen LogP contribution in [0, 0.1) is 0 Å². The molecule has 0 aliphatic carbocycles. The van der Waals surface area contributed by atoms with E-state index in [1.165, 1.54) is 17.5 Å². The van der Waals surface area contributed by atoms with Crippen LogP contribution in [-0.2, 0) is 0 Å². The Morgan fingerprint density at radius 2 is 2.14 bits per heavy atom. The number of nitrogens with two attached hydrogens (primary N) is 1. The first-order chi connectivity index (χ1) is 10.2. The largest absolute Gasteiger partial charge is 0.399 e. The molecule has 5 nitrogen and oxygen atoms in total. The minimum Gasteiger partial charge on any atom is -0.399 e. The normalized spacial score (nSPS) is 10.3. The molecular weight excluding hydrogens is 284 g/mol. The summed E-state index contributed by atoms with van der Waals surface area (Å²) in [5, 5.41) is 5.19. The van der Waals surface area contributed by atoms with Gasteiger partial charge in [0.15, 0.2) is 5.13 Å². The molecule has 6 heteroatoms. The number of rotatable bonds is 3. The molecule has 0 fully saturated rings. The van der Waals surface area contributed by atoms with E-state index in [-0.39, 0.29) is 5.91 Å². The Bertz CT molecular complexity index is 770. The van der Waals surface area contributed by atoms with Crippen LogP contribution in [0.5, 0.6) is 0 Å². The molecule has 0 atom stereocenters. The van der Waals surface area contributed by atoms with Gasteiger partial charge < -0.3 is 5.73 Å². The lowest BCUT2D eigenvalue weighted by Crippen LogP contribution is -2.11. The zero-order chi connectivity index (χ0) is 14.7. The summed E-state index contributed by atoms with van der Waals surface area (Å²) in [6.07, 6.45) is 3.14. The van der Waals surface area contributed by atoms with Crippen molar-refractivity contribution < 1.29 is 4.79 Å². The molecule has 0 saturated heterocycles.